The van der Waals surface area contributed by atoms with E-state index in [1.54, 1.807) is 22.2 Å². The van der Waals surface area contributed by atoms with E-state index in [4.69, 9.17) is 4.74 Å². The number of rotatable bonds is 6. The highest BCUT2D eigenvalue weighted by Crippen LogP contribution is 2.26. The largest absolute Gasteiger partial charge is 0.376 e. The Morgan fingerprint density at radius 1 is 1.35 bits per heavy atom. The van der Waals surface area contributed by atoms with Gasteiger partial charge in [0.05, 0.1) is 11.8 Å². The molecule has 0 radical (unpaired) electrons. The van der Waals surface area contributed by atoms with Crippen LogP contribution in [0.4, 0.5) is 0 Å². The highest BCUT2D eigenvalue weighted by atomic mass is 32.1. The number of thiazole rings is 1. The van der Waals surface area contributed by atoms with Crippen molar-refractivity contribution in [3.05, 3.63) is 48.1 Å². The number of amides is 1. The fourth-order valence-corrected chi connectivity index (χ4v) is 3.65. The van der Waals surface area contributed by atoms with Gasteiger partial charge in [0.15, 0.2) is 0 Å². The Bertz CT molecular complexity index is 869. The molecule has 3 aromatic rings. The predicted octanol–water partition coefficient (Wildman–Crippen LogP) is 2.97. The molecular formula is C19H20N4O2S. The Hall–Kier alpha value is -2.51. The molecule has 1 atom stereocenters. The van der Waals surface area contributed by atoms with Crippen molar-refractivity contribution in [3.8, 4) is 21.8 Å². The zero-order chi connectivity index (χ0) is 17.8. The maximum atomic E-state index is 12.1. The zero-order valence-corrected chi connectivity index (χ0v) is 15.1. The van der Waals surface area contributed by atoms with E-state index < -0.39 is 0 Å². The quantitative estimate of drug-likeness (QED) is 0.726. The summed E-state index contributed by atoms with van der Waals surface area (Å²) in [5.41, 5.74) is 2.92. The van der Waals surface area contributed by atoms with Crippen LogP contribution >= 0.6 is 11.3 Å². The van der Waals surface area contributed by atoms with E-state index in [0.29, 0.717) is 6.54 Å². The number of benzene rings is 1. The van der Waals surface area contributed by atoms with Crippen LogP contribution in [0.15, 0.2) is 48.1 Å². The Labute approximate surface area is 155 Å². The van der Waals surface area contributed by atoms with Gasteiger partial charge in [0.2, 0.25) is 5.91 Å². The van der Waals surface area contributed by atoms with Crippen LogP contribution in [0.25, 0.3) is 21.8 Å². The van der Waals surface area contributed by atoms with Crippen LogP contribution in [-0.2, 0) is 16.1 Å². The van der Waals surface area contributed by atoms with Gasteiger partial charge in [0.25, 0.3) is 0 Å². The van der Waals surface area contributed by atoms with Crippen LogP contribution in [0.2, 0.25) is 0 Å². The first-order valence-corrected chi connectivity index (χ1v) is 9.58. The molecule has 1 fully saturated rings. The number of carbonyl (C=O) groups excluding carboxylic acids is 1. The molecule has 1 amide bonds. The second kappa shape index (κ2) is 7.80. The molecule has 1 aliphatic rings. The average Bonchev–Trinajstić information content (AvgIpc) is 3.42. The molecule has 26 heavy (non-hydrogen) atoms. The lowest BCUT2D eigenvalue weighted by atomic mass is 10.1. The SMILES string of the molecule is O=C(Cn1ccc(-c2cccc(-c3nccs3)c2)n1)NC[C@H]1CCCO1. The Morgan fingerprint density at radius 3 is 3.08 bits per heavy atom. The summed E-state index contributed by atoms with van der Waals surface area (Å²) in [7, 11) is 0. The van der Waals surface area contributed by atoms with Crippen molar-refractivity contribution in [1.82, 2.24) is 20.1 Å². The third kappa shape index (κ3) is 4.00. The summed E-state index contributed by atoms with van der Waals surface area (Å²) in [6.45, 7) is 1.57. The standard InChI is InChI=1S/C19H20N4O2S/c24-18(21-12-16-5-2-9-25-16)13-23-8-6-17(22-23)14-3-1-4-15(11-14)19-20-7-10-26-19/h1,3-4,6-8,10-11,16H,2,5,9,12-13H2,(H,21,24)/t16-/m1/s1. The van der Waals surface area contributed by atoms with Gasteiger partial charge in [0, 0.05) is 42.1 Å². The topological polar surface area (TPSA) is 69.0 Å². The second-order valence-electron chi connectivity index (χ2n) is 6.26. The summed E-state index contributed by atoms with van der Waals surface area (Å²) < 4.78 is 7.18. The molecule has 1 aliphatic heterocycles. The van der Waals surface area contributed by atoms with E-state index >= 15 is 0 Å². The normalized spacial score (nSPS) is 16.7. The molecule has 7 heteroatoms. The van der Waals surface area contributed by atoms with Crippen molar-refractivity contribution in [2.75, 3.05) is 13.2 Å². The number of hydrogen-bond donors (Lipinski definition) is 1. The van der Waals surface area contributed by atoms with Gasteiger partial charge in [-0.2, -0.15) is 5.10 Å². The number of nitrogens with one attached hydrogen (secondary N) is 1. The zero-order valence-electron chi connectivity index (χ0n) is 14.3. The lowest BCUT2D eigenvalue weighted by molar-refractivity contribution is -0.122. The Kier molecular flexibility index (Phi) is 5.08. The first-order valence-electron chi connectivity index (χ1n) is 8.70. The summed E-state index contributed by atoms with van der Waals surface area (Å²) in [5.74, 6) is -0.0494. The lowest BCUT2D eigenvalue weighted by Gasteiger charge is -2.10. The van der Waals surface area contributed by atoms with Gasteiger partial charge in [-0.3, -0.25) is 9.48 Å². The highest BCUT2D eigenvalue weighted by molar-refractivity contribution is 7.13. The summed E-state index contributed by atoms with van der Waals surface area (Å²) >= 11 is 1.61. The van der Waals surface area contributed by atoms with Gasteiger partial charge in [-0.1, -0.05) is 18.2 Å². The highest BCUT2D eigenvalue weighted by Gasteiger charge is 2.16. The molecule has 0 unspecified atom stereocenters. The van der Waals surface area contributed by atoms with Gasteiger partial charge in [-0.15, -0.1) is 11.3 Å². The summed E-state index contributed by atoms with van der Waals surface area (Å²) in [6, 6.07) is 10.1. The van der Waals surface area contributed by atoms with Gasteiger partial charge >= 0.3 is 0 Å². The van der Waals surface area contributed by atoms with Crippen LogP contribution in [0.3, 0.4) is 0 Å². The van der Waals surface area contributed by atoms with Crippen LogP contribution in [0, 0.1) is 0 Å². The Morgan fingerprint density at radius 2 is 2.27 bits per heavy atom. The van der Waals surface area contributed by atoms with Gasteiger partial charge in [-0.25, -0.2) is 4.98 Å². The molecule has 0 aliphatic carbocycles. The average molecular weight is 368 g/mol. The van der Waals surface area contributed by atoms with E-state index in [9.17, 15) is 4.79 Å². The van der Waals surface area contributed by atoms with Crippen LogP contribution in [0.1, 0.15) is 12.8 Å². The van der Waals surface area contributed by atoms with Gasteiger partial charge in [-0.05, 0) is 25.0 Å². The number of hydrogen-bond acceptors (Lipinski definition) is 5. The summed E-state index contributed by atoms with van der Waals surface area (Å²) in [6.07, 6.45) is 5.87. The van der Waals surface area contributed by atoms with Crippen LogP contribution in [0.5, 0.6) is 0 Å². The molecular weight excluding hydrogens is 348 g/mol. The molecule has 0 saturated carbocycles. The monoisotopic (exact) mass is 368 g/mol. The fourth-order valence-electron chi connectivity index (χ4n) is 3.02. The predicted molar refractivity (Wildman–Crippen MR) is 101 cm³/mol. The number of nitrogens with zero attached hydrogens (tertiary/aromatic N) is 3. The molecule has 6 nitrogen and oxygen atoms in total. The van der Waals surface area contributed by atoms with Crippen LogP contribution in [-0.4, -0.2) is 39.9 Å². The minimum Gasteiger partial charge on any atom is -0.376 e. The third-order valence-electron chi connectivity index (χ3n) is 4.33. The van der Waals surface area contributed by atoms with E-state index in [2.05, 4.69) is 21.5 Å². The molecule has 0 bridgehead atoms. The van der Waals surface area contributed by atoms with E-state index in [1.165, 1.54) is 0 Å². The Balaban J connectivity index is 1.40. The molecule has 134 valence electrons. The summed E-state index contributed by atoms with van der Waals surface area (Å²) in [4.78, 5) is 16.4. The minimum atomic E-state index is -0.0494. The van der Waals surface area contributed by atoms with Crippen molar-refractivity contribution in [3.63, 3.8) is 0 Å². The van der Waals surface area contributed by atoms with Crippen molar-refractivity contribution in [1.29, 1.82) is 0 Å². The lowest BCUT2D eigenvalue weighted by Crippen LogP contribution is -2.34. The van der Waals surface area contributed by atoms with Gasteiger partial charge < -0.3 is 10.1 Å². The smallest absolute Gasteiger partial charge is 0.241 e. The number of carbonyl (C=O) groups is 1. The molecule has 1 saturated heterocycles. The fraction of sp³-hybridized carbons (Fsp3) is 0.316. The summed E-state index contributed by atoms with van der Waals surface area (Å²) in [5, 5.41) is 10.4. The van der Waals surface area contributed by atoms with Crippen molar-refractivity contribution >= 4 is 17.2 Å². The third-order valence-corrected chi connectivity index (χ3v) is 5.16. The molecule has 1 aromatic carbocycles. The van der Waals surface area contributed by atoms with Gasteiger partial charge in [0.1, 0.15) is 11.6 Å². The molecule has 1 N–H and O–H groups in total. The maximum Gasteiger partial charge on any atom is 0.241 e. The van der Waals surface area contributed by atoms with Crippen LogP contribution < -0.4 is 5.32 Å². The van der Waals surface area contributed by atoms with E-state index in [-0.39, 0.29) is 18.6 Å². The minimum absolute atomic E-state index is 0.0494. The van der Waals surface area contributed by atoms with E-state index in [1.807, 2.05) is 35.8 Å². The molecule has 2 aromatic heterocycles. The first kappa shape index (κ1) is 16.9. The second-order valence-corrected chi connectivity index (χ2v) is 7.15. The van der Waals surface area contributed by atoms with Crippen molar-refractivity contribution in [2.45, 2.75) is 25.5 Å². The van der Waals surface area contributed by atoms with E-state index in [0.717, 1.165) is 41.3 Å². The number of ether oxygens (including phenoxy) is 1. The van der Waals surface area contributed by atoms with Crippen molar-refractivity contribution < 1.29 is 9.53 Å². The molecule has 0 spiro atoms. The molecule has 4 rings (SSSR count). The first-order chi connectivity index (χ1) is 12.8. The number of aromatic nitrogens is 3. The maximum absolute atomic E-state index is 12.1. The molecule has 3 heterocycles. The van der Waals surface area contributed by atoms with Crippen molar-refractivity contribution in [2.24, 2.45) is 0 Å².